The van der Waals surface area contributed by atoms with E-state index in [9.17, 15) is 13.2 Å². The Morgan fingerprint density at radius 2 is 1.96 bits per heavy atom. The highest BCUT2D eigenvalue weighted by Crippen LogP contribution is 2.18. The Kier molecular flexibility index (Phi) is 6.28. The van der Waals surface area contributed by atoms with E-state index in [2.05, 4.69) is 36.0 Å². The summed E-state index contributed by atoms with van der Waals surface area (Å²) in [5.74, 6) is 1.27. The monoisotopic (exact) mass is 455 g/mol. The third-order valence-electron chi connectivity index (χ3n) is 4.52. The van der Waals surface area contributed by atoms with E-state index in [4.69, 9.17) is 0 Å². The molecule has 0 radical (unpaired) electrons. The van der Waals surface area contributed by atoms with Crippen LogP contribution in [0.25, 0.3) is 0 Å². The fourth-order valence-electron chi connectivity index (χ4n) is 2.98. The standard InChI is InChI=1S/C17H22BrN5O3S/c1-22(27(25,26)14-8-6-13(18)7-9-14)12-17(24)19-11-16-21-20-15-5-3-2-4-10-23(15)16/h6-9H,2-5,10-12H2,1H3,(H,19,24). The Balaban J connectivity index is 1.59. The molecule has 1 N–H and O–H groups in total. The van der Waals surface area contributed by atoms with Gasteiger partial charge in [-0.3, -0.25) is 4.79 Å². The van der Waals surface area contributed by atoms with Crippen LogP contribution in [0, 0.1) is 0 Å². The van der Waals surface area contributed by atoms with Crippen molar-refractivity contribution in [3.05, 3.63) is 40.4 Å². The van der Waals surface area contributed by atoms with Crippen molar-refractivity contribution in [2.75, 3.05) is 13.6 Å². The summed E-state index contributed by atoms with van der Waals surface area (Å²) in [4.78, 5) is 12.4. The van der Waals surface area contributed by atoms with Crippen LogP contribution in [0.4, 0.5) is 0 Å². The van der Waals surface area contributed by atoms with Crippen molar-refractivity contribution in [1.29, 1.82) is 0 Å². The maximum absolute atomic E-state index is 12.5. The molecule has 2 aromatic rings. The van der Waals surface area contributed by atoms with Crippen molar-refractivity contribution in [3.8, 4) is 0 Å². The fraction of sp³-hybridized carbons (Fsp3) is 0.471. The van der Waals surface area contributed by atoms with Crippen LogP contribution in [-0.4, -0.2) is 47.0 Å². The predicted octanol–water partition coefficient (Wildman–Crippen LogP) is 1.70. The molecule has 1 aromatic heterocycles. The van der Waals surface area contributed by atoms with Crippen molar-refractivity contribution in [1.82, 2.24) is 24.4 Å². The molecule has 1 amide bonds. The average molecular weight is 456 g/mol. The smallest absolute Gasteiger partial charge is 0.243 e. The molecular formula is C17H22BrN5O3S. The number of aryl methyl sites for hydroxylation is 1. The molecule has 0 spiro atoms. The van der Waals surface area contributed by atoms with E-state index < -0.39 is 10.0 Å². The molecule has 10 heteroatoms. The maximum atomic E-state index is 12.5. The van der Waals surface area contributed by atoms with Crippen LogP contribution < -0.4 is 5.32 Å². The quantitative estimate of drug-likeness (QED) is 0.714. The van der Waals surface area contributed by atoms with Crippen LogP contribution in [0.1, 0.15) is 30.9 Å². The fourth-order valence-corrected chi connectivity index (χ4v) is 4.37. The number of nitrogens with zero attached hydrogens (tertiary/aromatic N) is 4. The van der Waals surface area contributed by atoms with Gasteiger partial charge in [-0.15, -0.1) is 10.2 Å². The van der Waals surface area contributed by atoms with E-state index in [0.29, 0.717) is 5.82 Å². The number of hydrogen-bond donors (Lipinski definition) is 1. The van der Waals surface area contributed by atoms with Crippen LogP contribution >= 0.6 is 15.9 Å². The zero-order chi connectivity index (χ0) is 19.4. The van der Waals surface area contributed by atoms with Gasteiger partial charge in [0, 0.05) is 24.5 Å². The summed E-state index contributed by atoms with van der Waals surface area (Å²) in [6.45, 7) is 0.822. The third kappa shape index (κ3) is 4.74. The first kappa shape index (κ1) is 20.0. The van der Waals surface area contributed by atoms with Gasteiger partial charge in [-0.1, -0.05) is 22.4 Å². The summed E-state index contributed by atoms with van der Waals surface area (Å²) in [7, 11) is -2.33. The summed E-state index contributed by atoms with van der Waals surface area (Å²) >= 11 is 3.27. The van der Waals surface area contributed by atoms with Crippen LogP contribution in [0.3, 0.4) is 0 Å². The molecule has 27 heavy (non-hydrogen) atoms. The van der Waals surface area contributed by atoms with Crippen molar-refractivity contribution >= 4 is 31.9 Å². The molecule has 0 saturated heterocycles. The van der Waals surface area contributed by atoms with Gasteiger partial charge in [0.25, 0.3) is 0 Å². The molecule has 0 aliphatic carbocycles. The van der Waals surface area contributed by atoms with Crippen LogP contribution in [-0.2, 0) is 34.3 Å². The minimum absolute atomic E-state index is 0.142. The van der Waals surface area contributed by atoms with Gasteiger partial charge in [-0.25, -0.2) is 8.42 Å². The second-order valence-corrected chi connectivity index (χ2v) is 9.45. The second kappa shape index (κ2) is 8.49. The molecule has 8 nitrogen and oxygen atoms in total. The molecule has 0 unspecified atom stereocenters. The Morgan fingerprint density at radius 3 is 2.70 bits per heavy atom. The molecule has 0 saturated carbocycles. The highest BCUT2D eigenvalue weighted by molar-refractivity contribution is 9.10. The topological polar surface area (TPSA) is 97.2 Å². The first-order valence-corrected chi connectivity index (χ1v) is 11.0. The number of carbonyl (C=O) groups excluding carboxylic acids is 1. The molecule has 2 heterocycles. The minimum Gasteiger partial charge on any atom is -0.348 e. The molecule has 0 fully saturated rings. The number of fused-ring (bicyclic) bond motifs is 1. The summed E-state index contributed by atoms with van der Waals surface area (Å²) in [5.41, 5.74) is 0. The Hall–Kier alpha value is -1.78. The van der Waals surface area contributed by atoms with Gasteiger partial charge in [-0.2, -0.15) is 4.31 Å². The summed E-state index contributed by atoms with van der Waals surface area (Å²) in [6.07, 6.45) is 4.23. The summed E-state index contributed by atoms with van der Waals surface area (Å²) in [5, 5.41) is 11.1. The van der Waals surface area contributed by atoms with E-state index in [1.165, 1.54) is 19.2 Å². The van der Waals surface area contributed by atoms with E-state index in [0.717, 1.165) is 46.8 Å². The number of sulfonamides is 1. The number of halogens is 1. The normalized spacial score (nSPS) is 14.6. The molecule has 0 atom stereocenters. The highest BCUT2D eigenvalue weighted by atomic mass is 79.9. The molecule has 0 bridgehead atoms. The van der Waals surface area contributed by atoms with Crippen LogP contribution in [0.15, 0.2) is 33.6 Å². The minimum atomic E-state index is -3.72. The lowest BCUT2D eigenvalue weighted by Gasteiger charge is -2.17. The number of aromatic nitrogens is 3. The summed E-state index contributed by atoms with van der Waals surface area (Å²) < 4.78 is 29.0. The van der Waals surface area contributed by atoms with Crippen molar-refractivity contribution in [2.45, 2.75) is 43.7 Å². The van der Waals surface area contributed by atoms with E-state index in [1.807, 2.05) is 0 Å². The highest BCUT2D eigenvalue weighted by Gasteiger charge is 2.23. The lowest BCUT2D eigenvalue weighted by atomic mass is 10.2. The number of amides is 1. The average Bonchev–Trinajstić information content (AvgIpc) is 2.86. The first-order valence-electron chi connectivity index (χ1n) is 8.77. The Bertz CT molecular complexity index is 911. The lowest BCUT2D eigenvalue weighted by molar-refractivity contribution is -0.121. The van der Waals surface area contributed by atoms with E-state index >= 15 is 0 Å². The summed E-state index contributed by atoms with van der Waals surface area (Å²) in [6, 6.07) is 6.30. The van der Waals surface area contributed by atoms with Gasteiger partial charge in [0.05, 0.1) is 18.0 Å². The number of benzene rings is 1. The molecule has 146 valence electrons. The van der Waals surface area contributed by atoms with Crippen LogP contribution in [0.2, 0.25) is 0 Å². The number of carbonyl (C=O) groups is 1. The predicted molar refractivity (Wildman–Crippen MR) is 103 cm³/mol. The van der Waals surface area contributed by atoms with E-state index in [1.54, 1.807) is 12.1 Å². The largest absolute Gasteiger partial charge is 0.348 e. The zero-order valence-corrected chi connectivity index (χ0v) is 17.5. The van der Waals surface area contributed by atoms with Gasteiger partial charge in [0.15, 0.2) is 5.82 Å². The first-order chi connectivity index (χ1) is 12.9. The SMILES string of the molecule is CN(CC(=O)NCc1nnc2n1CCCCC2)S(=O)(=O)c1ccc(Br)cc1. The van der Waals surface area contributed by atoms with Gasteiger partial charge in [0.2, 0.25) is 15.9 Å². The Labute approximate surface area is 167 Å². The van der Waals surface area contributed by atoms with Crippen LogP contribution in [0.5, 0.6) is 0 Å². The molecule has 1 aliphatic rings. The van der Waals surface area contributed by atoms with Gasteiger partial charge >= 0.3 is 0 Å². The maximum Gasteiger partial charge on any atom is 0.243 e. The molecule has 3 rings (SSSR count). The van der Waals surface area contributed by atoms with Gasteiger partial charge in [-0.05, 0) is 37.1 Å². The molecule has 1 aromatic carbocycles. The van der Waals surface area contributed by atoms with Gasteiger partial charge in [0.1, 0.15) is 5.82 Å². The number of hydrogen-bond acceptors (Lipinski definition) is 5. The number of likely N-dealkylation sites (N-methyl/N-ethyl adjacent to an activating group) is 1. The van der Waals surface area contributed by atoms with Crippen molar-refractivity contribution in [2.24, 2.45) is 0 Å². The van der Waals surface area contributed by atoms with Crippen molar-refractivity contribution < 1.29 is 13.2 Å². The van der Waals surface area contributed by atoms with E-state index in [-0.39, 0.29) is 23.9 Å². The molecular weight excluding hydrogens is 434 g/mol. The zero-order valence-electron chi connectivity index (χ0n) is 15.1. The van der Waals surface area contributed by atoms with Gasteiger partial charge < -0.3 is 9.88 Å². The number of rotatable bonds is 6. The molecule has 1 aliphatic heterocycles. The number of nitrogens with one attached hydrogen (secondary N) is 1. The lowest BCUT2D eigenvalue weighted by Crippen LogP contribution is -2.38. The third-order valence-corrected chi connectivity index (χ3v) is 6.86. The second-order valence-electron chi connectivity index (χ2n) is 6.49. The Morgan fingerprint density at radius 1 is 1.22 bits per heavy atom. The van der Waals surface area contributed by atoms with Crippen molar-refractivity contribution in [3.63, 3.8) is 0 Å².